The van der Waals surface area contributed by atoms with Gasteiger partial charge in [-0.2, -0.15) is 5.10 Å². The first-order valence-electron chi connectivity index (χ1n) is 8.11. The van der Waals surface area contributed by atoms with Crippen molar-refractivity contribution in [3.8, 4) is 5.88 Å². The molecule has 1 unspecified atom stereocenters. The number of ether oxygens (including phenoxy) is 1. The normalized spacial score (nSPS) is 21.3. The third-order valence-electron chi connectivity index (χ3n) is 4.24. The van der Waals surface area contributed by atoms with Crippen molar-refractivity contribution >= 4 is 17.7 Å². The Morgan fingerprint density at radius 1 is 1.25 bits per heavy atom. The molecule has 2 fully saturated rings. The smallest absolute Gasteiger partial charge is 0.242 e. The maximum Gasteiger partial charge on any atom is 0.242 e. The molecule has 2 aliphatic rings. The summed E-state index contributed by atoms with van der Waals surface area (Å²) in [6, 6.07) is 3.57. The van der Waals surface area contributed by atoms with Crippen LogP contribution in [0.2, 0.25) is 0 Å². The highest BCUT2D eigenvalue weighted by atomic mass is 16.5. The zero-order valence-corrected chi connectivity index (χ0v) is 13.6. The Labute approximate surface area is 139 Å². The Bertz CT molecular complexity index is 630. The molecule has 3 amide bonds. The van der Waals surface area contributed by atoms with Gasteiger partial charge in [0.25, 0.3) is 0 Å². The number of nitrogens with zero attached hydrogens (tertiary/aromatic N) is 4. The summed E-state index contributed by atoms with van der Waals surface area (Å²) in [5.41, 5.74) is 0.808. The van der Waals surface area contributed by atoms with E-state index < -0.39 is 0 Å². The predicted molar refractivity (Wildman–Crippen MR) is 83.0 cm³/mol. The summed E-state index contributed by atoms with van der Waals surface area (Å²) in [4.78, 5) is 38.3. The number of amides is 3. The minimum atomic E-state index is -0.270. The number of piperidine rings is 1. The molecule has 0 N–H and O–H groups in total. The molecule has 8 heteroatoms. The van der Waals surface area contributed by atoms with E-state index in [0.29, 0.717) is 19.0 Å². The molecule has 0 saturated carbocycles. The molecular formula is C16H20N4O4. The first-order valence-corrected chi connectivity index (χ1v) is 8.11. The van der Waals surface area contributed by atoms with Gasteiger partial charge >= 0.3 is 0 Å². The summed E-state index contributed by atoms with van der Waals surface area (Å²) in [5, 5.41) is 7.92. The fourth-order valence-electron chi connectivity index (χ4n) is 2.92. The standard InChI is InChI=1S/C16H20N4O4/c1-11-4-5-13(18-17-11)24-12-3-2-8-19(9-12)16(23)10-20-14(21)6-7-15(20)22/h4-5,12H,2-3,6-10H2,1H3. The van der Waals surface area contributed by atoms with Gasteiger partial charge in [0, 0.05) is 25.5 Å². The molecule has 0 radical (unpaired) electrons. The fraction of sp³-hybridized carbons (Fsp3) is 0.562. The molecule has 3 rings (SSSR count). The zero-order chi connectivity index (χ0) is 17.1. The lowest BCUT2D eigenvalue weighted by Gasteiger charge is -2.33. The molecule has 0 spiro atoms. The second kappa shape index (κ2) is 6.94. The van der Waals surface area contributed by atoms with E-state index >= 15 is 0 Å². The van der Waals surface area contributed by atoms with Crippen LogP contribution in [0.25, 0.3) is 0 Å². The van der Waals surface area contributed by atoms with Gasteiger partial charge in [0.2, 0.25) is 23.6 Å². The van der Waals surface area contributed by atoms with Crippen LogP contribution in [0.5, 0.6) is 5.88 Å². The third-order valence-corrected chi connectivity index (χ3v) is 4.24. The van der Waals surface area contributed by atoms with Gasteiger partial charge < -0.3 is 9.64 Å². The summed E-state index contributed by atoms with van der Waals surface area (Å²) in [6.45, 7) is 2.70. The lowest BCUT2D eigenvalue weighted by molar-refractivity contribution is -0.146. The number of aromatic nitrogens is 2. The number of imide groups is 1. The van der Waals surface area contributed by atoms with Crippen molar-refractivity contribution in [2.24, 2.45) is 0 Å². The lowest BCUT2D eigenvalue weighted by Crippen LogP contribution is -2.48. The van der Waals surface area contributed by atoms with Crippen LogP contribution in [0.3, 0.4) is 0 Å². The molecule has 24 heavy (non-hydrogen) atoms. The predicted octanol–water partition coefficient (Wildman–Crippen LogP) is 0.304. The van der Waals surface area contributed by atoms with Crippen LogP contribution in [-0.2, 0) is 14.4 Å². The Morgan fingerprint density at radius 2 is 2.00 bits per heavy atom. The van der Waals surface area contributed by atoms with Crippen molar-refractivity contribution in [3.05, 3.63) is 17.8 Å². The largest absolute Gasteiger partial charge is 0.471 e. The van der Waals surface area contributed by atoms with Crippen molar-refractivity contribution in [2.75, 3.05) is 19.6 Å². The molecule has 1 aromatic rings. The minimum absolute atomic E-state index is 0.162. The highest BCUT2D eigenvalue weighted by Crippen LogP contribution is 2.18. The number of likely N-dealkylation sites (tertiary alicyclic amines) is 2. The zero-order valence-electron chi connectivity index (χ0n) is 13.6. The number of carbonyl (C=O) groups excluding carboxylic acids is 3. The Hall–Kier alpha value is -2.51. The van der Waals surface area contributed by atoms with Gasteiger partial charge in [0.15, 0.2) is 0 Å². The van der Waals surface area contributed by atoms with Crippen LogP contribution in [0, 0.1) is 6.92 Å². The molecule has 0 bridgehead atoms. The van der Waals surface area contributed by atoms with Gasteiger partial charge in [0.05, 0.1) is 12.2 Å². The highest BCUT2D eigenvalue weighted by Gasteiger charge is 2.33. The number of hydrogen-bond acceptors (Lipinski definition) is 6. The van der Waals surface area contributed by atoms with E-state index in [1.807, 2.05) is 13.0 Å². The summed E-state index contributed by atoms with van der Waals surface area (Å²) in [5.74, 6) is -0.326. The number of carbonyl (C=O) groups is 3. The van der Waals surface area contributed by atoms with Gasteiger partial charge in [0.1, 0.15) is 12.6 Å². The van der Waals surface area contributed by atoms with Gasteiger partial charge in [-0.15, -0.1) is 5.10 Å². The van der Waals surface area contributed by atoms with Gasteiger partial charge in [-0.25, -0.2) is 0 Å². The van der Waals surface area contributed by atoms with Crippen LogP contribution < -0.4 is 4.74 Å². The van der Waals surface area contributed by atoms with E-state index in [-0.39, 0.29) is 43.2 Å². The minimum Gasteiger partial charge on any atom is -0.471 e. The Morgan fingerprint density at radius 3 is 2.67 bits per heavy atom. The molecule has 0 aliphatic carbocycles. The second-order valence-corrected chi connectivity index (χ2v) is 6.11. The number of aryl methyl sites for hydroxylation is 1. The molecule has 128 valence electrons. The first-order chi connectivity index (χ1) is 11.5. The van der Waals surface area contributed by atoms with Crippen molar-refractivity contribution in [3.63, 3.8) is 0 Å². The van der Waals surface area contributed by atoms with Crippen LogP contribution in [0.1, 0.15) is 31.4 Å². The van der Waals surface area contributed by atoms with Crippen molar-refractivity contribution in [1.29, 1.82) is 0 Å². The lowest BCUT2D eigenvalue weighted by atomic mass is 10.1. The molecule has 2 aliphatic heterocycles. The molecule has 1 aromatic heterocycles. The molecule has 0 aromatic carbocycles. The van der Waals surface area contributed by atoms with E-state index in [2.05, 4.69) is 10.2 Å². The summed E-state index contributed by atoms with van der Waals surface area (Å²) >= 11 is 0. The molecule has 2 saturated heterocycles. The van der Waals surface area contributed by atoms with Crippen LogP contribution >= 0.6 is 0 Å². The Kier molecular flexibility index (Phi) is 4.73. The van der Waals surface area contributed by atoms with E-state index in [1.165, 1.54) is 0 Å². The van der Waals surface area contributed by atoms with Crippen molar-refractivity contribution in [1.82, 2.24) is 20.0 Å². The third kappa shape index (κ3) is 3.69. The monoisotopic (exact) mass is 332 g/mol. The second-order valence-electron chi connectivity index (χ2n) is 6.11. The van der Waals surface area contributed by atoms with E-state index in [4.69, 9.17) is 4.74 Å². The molecular weight excluding hydrogens is 312 g/mol. The van der Waals surface area contributed by atoms with E-state index in [9.17, 15) is 14.4 Å². The number of hydrogen-bond donors (Lipinski definition) is 0. The van der Waals surface area contributed by atoms with E-state index in [0.717, 1.165) is 23.4 Å². The van der Waals surface area contributed by atoms with Gasteiger partial charge in [-0.05, 0) is 25.8 Å². The van der Waals surface area contributed by atoms with Crippen LogP contribution in [0.15, 0.2) is 12.1 Å². The van der Waals surface area contributed by atoms with Crippen LogP contribution in [0.4, 0.5) is 0 Å². The SMILES string of the molecule is Cc1ccc(OC2CCCN(C(=O)CN3C(=O)CCC3=O)C2)nn1. The first kappa shape index (κ1) is 16.4. The van der Waals surface area contributed by atoms with Gasteiger partial charge in [-0.3, -0.25) is 19.3 Å². The summed E-state index contributed by atoms with van der Waals surface area (Å²) in [7, 11) is 0. The molecule has 1 atom stereocenters. The van der Waals surface area contributed by atoms with Gasteiger partial charge in [-0.1, -0.05) is 0 Å². The Balaban J connectivity index is 1.56. The quantitative estimate of drug-likeness (QED) is 0.737. The van der Waals surface area contributed by atoms with Crippen LogP contribution in [-0.4, -0.2) is 63.5 Å². The highest BCUT2D eigenvalue weighted by molar-refractivity contribution is 6.04. The van der Waals surface area contributed by atoms with E-state index in [1.54, 1.807) is 11.0 Å². The van der Waals surface area contributed by atoms with Crippen molar-refractivity contribution < 1.29 is 19.1 Å². The maximum atomic E-state index is 12.4. The fourth-order valence-corrected chi connectivity index (χ4v) is 2.92. The van der Waals surface area contributed by atoms with Crippen molar-refractivity contribution in [2.45, 2.75) is 38.7 Å². The summed E-state index contributed by atoms with van der Waals surface area (Å²) in [6.07, 6.45) is 1.86. The average molecular weight is 332 g/mol. The summed E-state index contributed by atoms with van der Waals surface area (Å²) < 4.78 is 5.79. The average Bonchev–Trinajstić information content (AvgIpc) is 2.89. The maximum absolute atomic E-state index is 12.4. The molecule has 3 heterocycles. The molecule has 8 nitrogen and oxygen atoms in total. The topological polar surface area (TPSA) is 92.7 Å². The number of rotatable bonds is 4.